The molecule has 2 fully saturated rings. The Morgan fingerprint density at radius 3 is 1.45 bits per heavy atom. The number of aromatic hydroxyl groups is 2. The molecule has 432 valence electrons. The van der Waals surface area contributed by atoms with Gasteiger partial charge < -0.3 is 29.5 Å². The van der Waals surface area contributed by atoms with Crippen LogP contribution in [0.4, 0.5) is 11.4 Å². The fourth-order valence-corrected chi connectivity index (χ4v) is 16.6. The molecule has 5 unspecified atom stereocenters. The lowest BCUT2D eigenvalue weighted by Crippen LogP contribution is -2.62. The van der Waals surface area contributed by atoms with Crippen molar-refractivity contribution in [3.8, 4) is 23.0 Å². The highest BCUT2D eigenvalue weighted by molar-refractivity contribution is 6.26. The molecule has 4 bridgehead atoms. The molecule has 9 aromatic rings. The second kappa shape index (κ2) is 20.0. The van der Waals surface area contributed by atoms with Gasteiger partial charge in [-0.05, 0) is 146 Å². The maximum absolute atomic E-state index is 16.0. The van der Waals surface area contributed by atoms with Crippen LogP contribution in [0.25, 0.3) is 0 Å². The standard InChI is InChI=1S/C75H62N2O10/c1-72(2,45-24-36-53(37-25-45)86-42-52(80)41-85-3)46-26-38-54(39-27-46)87-43-74-57-14-6-4-12-55(57)63(56-13-5-7-15-58(56)74)64-65(74)69(82)76(68(64)81)48-28-30-49(31-29-48)77-70(83)66-67(71(77)84)75(47-22-34-51(79)35-23-47)61-18-10-8-16-59(61)73(66,60-17-9-11-19-62(60)75)40-44-20-32-50(78)33-21-44/h4-39,52,63-67,78-80H,40-43H2,1-3H3. The lowest BCUT2D eigenvalue weighted by atomic mass is 9.39. The van der Waals surface area contributed by atoms with Gasteiger partial charge in [0.05, 0.1) is 52.5 Å². The van der Waals surface area contributed by atoms with Gasteiger partial charge in [0.1, 0.15) is 42.3 Å². The van der Waals surface area contributed by atoms with Crippen LogP contribution in [0.5, 0.6) is 23.0 Å². The molecule has 3 N–H and O–H groups in total. The summed E-state index contributed by atoms with van der Waals surface area (Å²) in [6, 6.07) is 69.0. The number of anilines is 2. The van der Waals surface area contributed by atoms with Crippen LogP contribution in [0.1, 0.15) is 86.5 Å². The van der Waals surface area contributed by atoms with Crippen LogP contribution in [0.15, 0.2) is 218 Å². The third kappa shape index (κ3) is 7.63. The molecular formula is C75H62N2O10. The number of phenolic OH excluding ortho intramolecular Hbond substituents is 2. The van der Waals surface area contributed by atoms with Crippen LogP contribution < -0.4 is 19.3 Å². The number of aliphatic hydroxyl groups is 1. The van der Waals surface area contributed by atoms with E-state index in [1.807, 2.05) is 109 Å². The van der Waals surface area contributed by atoms with E-state index in [-0.39, 0.29) is 54.9 Å². The van der Waals surface area contributed by atoms with E-state index in [9.17, 15) is 15.3 Å². The monoisotopic (exact) mass is 1150 g/mol. The number of nitrogens with zero attached hydrogens (tertiary/aromatic N) is 2. The maximum atomic E-state index is 16.0. The average molecular weight is 1150 g/mol. The van der Waals surface area contributed by atoms with Crippen molar-refractivity contribution in [2.75, 3.05) is 36.7 Å². The smallest absolute Gasteiger partial charge is 0.239 e. The lowest BCUT2D eigenvalue weighted by Gasteiger charge is -2.60. The van der Waals surface area contributed by atoms with Gasteiger partial charge in [0.15, 0.2) is 0 Å². The Morgan fingerprint density at radius 1 is 0.471 bits per heavy atom. The van der Waals surface area contributed by atoms with Gasteiger partial charge in [-0.1, -0.05) is 159 Å². The van der Waals surface area contributed by atoms with Gasteiger partial charge in [-0.15, -0.1) is 0 Å². The molecule has 87 heavy (non-hydrogen) atoms. The summed E-state index contributed by atoms with van der Waals surface area (Å²) in [6.45, 7) is 4.68. The number of carbonyl (C=O) groups is 4. The molecule has 0 aromatic heterocycles. The van der Waals surface area contributed by atoms with E-state index in [4.69, 9.17) is 14.2 Å². The predicted octanol–water partition coefficient (Wildman–Crippen LogP) is 11.4. The van der Waals surface area contributed by atoms with Crippen LogP contribution in [0, 0.1) is 23.7 Å². The molecule has 4 amide bonds. The van der Waals surface area contributed by atoms with Crippen molar-refractivity contribution >= 4 is 35.0 Å². The number of hydrogen-bond acceptors (Lipinski definition) is 10. The minimum Gasteiger partial charge on any atom is -0.508 e. The van der Waals surface area contributed by atoms with Crippen molar-refractivity contribution < 1.29 is 48.7 Å². The Hall–Kier alpha value is -9.62. The Morgan fingerprint density at radius 2 is 0.920 bits per heavy atom. The molecule has 17 rings (SSSR count). The second-order valence-electron chi connectivity index (χ2n) is 24.8. The maximum Gasteiger partial charge on any atom is 0.239 e. The molecule has 2 heterocycles. The Bertz CT molecular complexity index is 4160. The number of phenols is 2. The molecule has 0 spiro atoms. The number of rotatable bonds is 15. The zero-order valence-electron chi connectivity index (χ0n) is 48.2. The topological polar surface area (TPSA) is 163 Å². The van der Waals surface area contributed by atoms with Gasteiger partial charge in [-0.3, -0.25) is 19.2 Å². The van der Waals surface area contributed by atoms with Crippen LogP contribution in [-0.4, -0.2) is 72.0 Å². The first kappa shape index (κ1) is 54.1. The van der Waals surface area contributed by atoms with E-state index in [0.717, 1.165) is 66.8 Å². The number of benzene rings is 9. The predicted molar refractivity (Wildman–Crippen MR) is 328 cm³/mol. The molecule has 12 heteroatoms. The molecule has 2 saturated heterocycles. The molecule has 12 nitrogen and oxygen atoms in total. The summed E-state index contributed by atoms with van der Waals surface area (Å²) in [6.07, 6.45) is -0.378. The van der Waals surface area contributed by atoms with Crippen LogP contribution >= 0.6 is 0 Å². The van der Waals surface area contributed by atoms with E-state index in [2.05, 4.69) is 74.5 Å². The minimum atomic E-state index is -1.15. The number of hydrogen-bond donors (Lipinski definition) is 3. The van der Waals surface area contributed by atoms with Gasteiger partial charge in [-0.2, -0.15) is 0 Å². The van der Waals surface area contributed by atoms with Crippen LogP contribution in [0.3, 0.4) is 0 Å². The second-order valence-corrected chi connectivity index (χ2v) is 24.8. The first-order chi connectivity index (χ1) is 42.2. The quantitative estimate of drug-likeness (QED) is 0.0842. The zero-order valence-corrected chi connectivity index (χ0v) is 48.2. The highest BCUT2D eigenvalue weighted by Crippen LogP contribution is 2.70. The van der Waals surface area contributed by atoms with Crippen molar-refractivity contribution in [3.63, 3.8) is 0 Å². The molecule has 8 aliphatic rings. The highest BCUT2D eigenvalue weighted by Gasteiger charge is 2.74. The normalized spacial score (nSPS) is 24.7. The number of ether oxygens (including phenoxy) is 3. The number of amides is 4. The van der Waals surface area contributed by atoms with Crippen molar-refractivity contribution in [1.82, 2.24) is 0 Å². The number of aliphatic hydroxyl groups excluding tert-OH is 1. The van der Waals surface area contributed by atoms with Crippen molar-refractivity contribution in [2.45, 2.75) is 54.0 Å². The first-order valence-corrected chi connectivity index (χ1v) is 29.7. The fraction of sp³-hybridized carbons (Fsp3) is 0.227. The van der Waals surface area contributed by atoms with E-state index < -0.39 is 57.4 Å². The Balaban J connectivity index is 0.768. The van der Waals surface area contributed by atoms with Crippen LogP contribution in [-0.2, 0) is 52.0 Å². The molecule has 2 aliphatic heterocycles. The summed E-state index contributed by atoms with van der Waals surface area (Å²) in [4.78, 5) is 65.9. The van der Waals surface area contributed by atoms with Gasteiger partial charge in [0.2, 0.25) is 23.6 Å². The van der Waals surface area contributed by atoms with E-state index in [0.29, 0.717) is 29.3 Å². The van der Waals surface area contributed by atoms with Crippen LogP contribution in [0.2, 0.25) is 0 Å². The lowest BCUT2D eigenvalue weighted by molar-refractivity contribution is -0.124. The van der Waals surface area contributed by atoms with Gasteiger partial charge >= 0.3 is 0 Å². The molecule has 0 radical (unpaired) electrons. The molecular weight excluding hydrogens is 1090 g/mol. The summed E-state index contributed by atoms with van der Waals surface area (Å²) in [5.74, 6) is -3.83. The van der Waals surface area contributed by atoms with Gasteiger partial charge in [0.25, 0.3) is 0 Å². The summed E-state index contributed by atoms with van der Waals surface area (Å²) in [5.41, 5.74) is 8.29. The molecule has 6 aliphatic carbocycles. The average Bonchev–Trinajstić information content (AvgIpc) is 1.64. The SMILES string of the molecule is COCC(O)COc1ccc(C(C)(C)c2ccc(OCC34c5ccccc5C(c5ccccc53)C3C(=O)N(c5ccc(N6C(=O)C7C(C6=O)C6(c8ccc(O)cc8)c8ccccc8C7(Cc7ccc(O)cc7)c7ccccc76)cc5)C(=O)C34)cc2)cc1. The number of imide groups is 2. The Kier molecular flexibility index (Phi) is 12.4. The zero-order chi connectivity index (χ0) is 59.7. The van der Waals surface area contributed by atoms with E-state index >= 15 is 19.2 Å². The van der Waals surface area contributed by atoms with E-state index in [1.165, 1.54) is 16.9 Å². The molecule has 5 atom stereocenters. The number of methoxy groups -OCH3 is 1. The molecule has 9 aromatic carbocycles. The minimum absolute atomic E-state index is 0.0686. The van der Waals surface area contributed by atoms with Crippen molar-refractivity contribution in [2.24, 2.45) is 23.7 Å². The van der Waals surface area contributed by atoms with E-state index in [1.54, 1.807) is 48.5 Å². The summed E-state index contributed by atoms with van der Waals surface area (Å²) >= 11 is 0. The summed E-state index contributed by atoms with van der Waals surface area (Å²) in [5, 5.41) is 31.2. The third-order valence-electron chi connectivity index (χ3n) is 20.3. The molecule has 0 saturated carbocycles. The highest BCUT2D eigenvalue weighted by atomic mass is 16.5. The third-order valence-corrected chi connectivity index (χ3v) is 20.3. The fourth-order valence-electron chi connectivity index (χ4n) is 16.6. The van der Waals surface area contributed by atoms with Gasteiger partial charge in [-0.25, -0.2) is 9.80 Å². The largest absolute Gasteiger partial charge is 0.508 e. The number of carbonyl (C=O) groups excluding carboxylic acids is 4. The summed E-state index contributed by atoms with van der Waals surface area (Å²) < 4.78 is 17.7. The van der Waals surface area contributed by atoms with Crippen molar-refractivity contribution in [3.05, 3.63) is 285 Å². The van der Waals surface area contributed by atoms with Crippen molar-refractivity contribution in [1.29, 1.82) is 0 Å². The van der Waals surface area contributed by atoms with Gasteiger partial charge in [0, 0.05) is 23.9 Å². The first-order valence-electron chi connectivity index (χ1n) is 29.7. The Labute approximate surface area is 503 Å². The summed E-state index contributed by atoms with van der Waals surface area (Å²) in [7, 11) is 1.54.